The Bertz CT molecular complexity index is 521. The lowest BCUT2D eigenvalue weighted by Gasteiger charge is -2.23. The first kappa shape index (κ1) is 7.79. The summed E-state index contributed by atoms with van der Waals surface area (Å²) in [5.41, 5.74) is 1.77. The van der Waals surface area contributed by atoms with Crippen molar-refractivity contribution in [3.05, 3.63) is 28.2 Å². The third kappa shape index (κ3) is 0.999. The van der Waals surface area contributed by atoms with Gasteiger partial charge in [0, 0.05) is 23.1 Å². The second-order valence-corrected chi connectivity index (χ2v) is 3.85. The zero-order valence-electron chi connectivity index (χ0n) is 7.71. The highest BCUT2D eigenvalue weighted by Gasteiger charge is 2.23. The molecule has 1 saturated carbocycles. The molecule has 0 spiro atoms. The molecule has 1 aliphatic rings. The first-order valence-electron chi connectivity index (χ1n) is 4.92. The standard InChI is InChI=1S/C10H11N3O/c14-8-5-4-7-9(6-2-1-3-6)12-13-10(7)11-8/h4-6H,1-3H2,(H2,11,12,13,14). The van der Waals surface area contributed by atoms with Crippen LogP contribution in [0.5, 0.6) is 0 Å². The highest BCUT2D eigenvalue weighted by molar-refractivity contribution is 5.77. The molecule has 2 aromatic rings. The van der Waals surface area contributed by atoms with Crippen LogP contribution >= 0.6 is 0 Å². The van der Waals surface area contributed by atoms with Crippen LogP contribution in [0.1, 0.15) is 30.9 Å². The monoisotopic (exact) mass is 189 g/mol. The van der Waals surface area contributed by atoms with E-state index < -0.39 is 0 Å². The molecule has 4 heteroatoms. The number of nitrogens with one attached hydrogen (secondary N) is 2. The van der Waals surface area contributed by atoms with Crippen LogP contribution < -0.4 is 5.56 Å². The fourth-order valence-corrected chi connectivity index (χ4v) is 1.95. The first-order chi connectivity index (χ1) is 6.84. The van der Waals surface area contributed by atoms with Crippen LogP contribution in [0.3, 0.4) is 0 Å². The van der Waals surface area contributed by atoms with E-state index in [0.29, 0.717) is 11.6 Å². The largest absolute Gasteiger partial charge is 0.305 e. The number of fused-ring (bicyclic) bond motifs is 1. The van der Waals surface area contributed by atoms with Crippen LogP contribution in [0.4, 0.5) is 0 Å². The maximum atomic E-state index is 11.0. The molecule has 14 heavy (non-hydrogen) atoms. The fourth-order valence-electron chi connectivity index (χ4n) is 1.95. The Morgan fingerprint density at radius 1 is 1.36 bits per heavy atom. The van der Waals surface area contributed by atoms with E-state index in [-0.39, 0.29) is 5.56 Å². The topological polar surface area (TPSA) is 61.5 Å². The van der Waals surface area contributed by atoms with Gasteiger partial charge < -0.3 is 4.98 Å². The summed E-state index contributed by atoms with van der Waals surface area (Å²) in [6.07, 6.45) is 3.77. The van der Waals surface area contributed by atoms with Gasteiger partial charge in [-0.15, -0.1) is 0 Å². The Morgan fingerprint density at radius 2 is 2.21 bits per heavy atom. The Morgan fingerprint density at radius 3 is 2.93 bits per heavy atom. The fraction of sp³-hybridized carbons (Fsp3) is 0.400. The molecule has 2 heterocycles. The Balaban J connectivity index is 2.20. The van der Waals surface area contributed by atoms with Crippen molar-refractivity contribution in [3.63, 3.8) is 0 Å². The molecule has 0 aromatic carbocycles. The minimum absolute atomic E-state index is 0.0934. The third-order valence-electron chi connectivity index (χ3n) is 2.99. The predicted octanol–water partition coefficient (Wildman–Crippen LogP) is 1.52. The van der Waals surface area contributed by atoms with Crippen LogP contribution in [-0.2, 0) is 0 Å². The summed E-state index contributed by atoms with van der Waals surface area (Å²) in [5.74, 6) is 0.617. The molecular formula is C10H11N3O. The van der Waals surface area contributed by atoms with Gasteiger partial charge in [0.25, 0.3) is 0 Å². The molecule has 0 saturated heterocycles. The zero-order chi connectivity index (χ0) is 9.54. The molecule has 0 atom stereocenters. The molecular weight excluding hydrogens is 178 g/mol. The molecule has 4 nitrogen and oxygen atoms in total. The number of hydrogen-bond acceptors (Lipinski definition) is 2. The normalized spacial score (nSPS) is 17.1. The lowest BCUT2D eigenvalue weighted by atomic mass is 9.82. The minimum Gasteiger partial charge on any atom is -0.305 e. The van der Waals surface area contributed by atoms with E-state index in [2.05, 4.69) is 15.2 Å². The predicted molar refractivity (Wildman–Crippen MR) is 53.3 cm³/mol. The average Bonchev–Trinajstić information content (AvgIpc) is 2.45. The molecule has 2 aromatic heterocycles. The number of nitrogens with zero attached hydrogens (tertiary/aromatic N) is 1. The van der Waals surface area contributed by atoms with Crippen LogP contribution in [0, 0.1) is 0 Å². The third-order valence-corrected chi connectivity index (χ3v) is 2.99. The highest BCUT2D eigenvalue weighted by atomic mass is 16.1. The lowest BCUT2D eigenvalue weighted by molar-refractivity contribution is 0.413. The zero-order valence-corrected chi connectivity index (χ0v) is 7.71. The molecule has 0 bridgehead atoms. The number of aromatic nitrogens is 3. The second-order valence-electron chi connectivity index (χ2n) is 3.85. The second kappa shape index (κ2) is 2.70. The van der Waals surface area contributed by atoms with Gasteiger partial charge in [-0.05, 0) is 18.9 Å². The van der Waals surface area contributed by atoms with E-state index in [4.69, 9.17) is 0 Å². The van der Waals surface area contributed by atoms with E-state index in [1.54, 1.807) is 6.07 Å². The summed E-state index contributed by atoms with van der Waals surface area (Å²) in [6, 6.07) is 3.41. The highest BCUT2D eigenvalue weighted by Crippen LogP contribution is 2.37. The summed E-state index contributed by atoms with van der Waals surface area (Å²) >= 11 is 0. The van der Waals surface area contributed by atoms with Gasteiger partial charge in [-0.1, -0.05) is 6.42 Å². The van der Waals surface area contributed by atoms with Crippen LogP contribution in [0.25, 0.3) is 11.0 Å². The van der Waals surface area contributed by atoms with E-state index in [0.717, 1.165) is 5.39 Å². The Hall–Kier alpha value is -1.58. The van der Waals surface area contributed by atoms with E-state index >= 15 is 0 Å². The lowest BCUT2D eigenvalue weighted by Crippen LogP contribution is -2.09. The van der Waals surface area contributed by atoms with Crippen molar-refractivity contribution < 1.29 is 0 Å². The van der Waals surface area contributed by atoms with Gasteiger partial charge in [-0.25, -0.2) is 0 Å². The van der Waals surface area contributed by atoms with Gasteiger partial charge in [0.05, 0.1) is 0 Å². The summed E-state index contributed by atoms with van der Waals surface area (Å²) in [6.45, 7) is 0. The van der Waals surface area contributed by atoms with Crippen molar-refractivity contribution in [2.45, 2.75) is 25.2 Å². The van der Waals surface area contributed by atoms with Crippen LogP contribution in [0.2, 0.25) is 0 Å². The smallest absolute Gasteiger partial charge is 0.249 e. The molecule has 1 aliphatic carbocycles. The van der Waals surface area contributed by atoms with Crippen molar-refractivity contribution >= 4 is 11.0 Å². The summed E-state index contributed by atoms with van der Waals surface area (Å²) < 4.78 is 0. The Labute approximate surface area is 80.3 Å². The molecule has 3 rings (SSSR count). The van der Waals surface area contributed by atoms with Gasteiger partial charge in [-0.3, -0.25) is 9.89 Å². The quantitative estimate of drug-likeness (QED) is 0.714. The molecule has 1 fully saturated rings. The molecule has 0 aliphatic heterocycles. The first-order valence-corrected chi connectivity index (χ1v) is 4.92. The molecule has 0 amide bonds. The van der Waals surface area contributed by atoms with Crippen molar-refractivity contribution in [1.82, 2.24) is 15.2 Å². The molecule has 72 valence electrons. The van der Waals surface area contributed by atoms with Crippen LogP contribution in [-0.4, -0.2) is 15.2 Å². The van der Waals surface area contributed by atoms with Gasteiger partial charge in [0.1, 0.15) is 0 Å². The number of hydrogen-bond donors (Lipinski definition) is 2. The summed E-state index contributed by atoms with van der Waals surface area (Å²) in [4.78, 5) is 13.8. The number of rotatable bonds is 1. The minimum atomic E-state index is -0.0934. The van der Waals surface area contributed by atoms with Crippen molar-refractivity contribution in [2.24, 2.45) is 0 Å². The van der Waals surface area contributed by atoms with E-state index in [9.17, 15) is 4.79 Å². The molecule has 0 unspecified atom stereocenters. The molecule has 0 radical (unpaired) electrons. The van der Waals surface area contributed by atoms with Gasteiger partial charge in [-0.2, -0.15) is 5.10 Å². The maximum absolute atomic E-state index is 11.0. The van der Waals surface area contributed by atoms with Crippen molar-refractivity contribution in [3.8, 4) is 0 Å². The molecule has 2 N–H and O–H groups in total. The Kier molecular flexibility index (Phi) is 1.50. The van der Waals surface area contributed by atoms with Gasteiger partial charge in [0.15, 0.2) is 5.65 Å². The van der Waals surface area contributed by atoms with Crippen molar-refractivity contribution in [1.29, 1.82) is 0 Å². The van der Waals surface area contributed by atoms with Crippen LogP contribution in [0.15, 0.2) is 16.9 Å². The van der Waals surface area contributed by atoms with Gasteiger partial charge in [0.2, 0.25) is 5.56 Å². The van der Waals surface area contributed by atoms with E-state index in [1.165, 1.54) is 25.0 Å². The number of H-pyrrole nitrogens is 2. The van der Waals surface area contributed by atoms with E-state index in [1.807, 2.05) is 6.07 Å². The van der Waals surface area contributed by atoms with Gasteiger partial charge >= 0.3 is 0 Å². The number of pyridine rings is 1. The number of aromatic amines is 2. The average molecular weight is 189 g/mol. The maximum Gasteiger partial charge on any atom is 0.249 e. The van der Waals surface area contributed by atoms with Crippen molar-refractivity contribution in [2.75, 3.05) is 0 Å². The summed E-state index contributed by atoms with van der Waals surface area (Å²) in [5, 5.41) is 8.19. The SMILES string of the molecule is O=c1ccc2c(C3CCC3)[nH]nc2[nH]1. The summed E-state index contributed by atoms with van der Waals surface area (Å²) in [7, 11) is 0.